The van der Waals surface area contributed by atoms with Crippen LogP contribution in [0.1, 0.15) is 0 Å². The number of fused-ring (bicyclic) bond motifs is 8. The van der Waals surface area contributed by atoms with Gasteiger partial charge in [0.1, 0.15) is 11.2 Å². The van der Waals surface area contributed by atoms with Crippen LogP contribution in [0.3, 0.4) is 0 Å². The van der Waals surface area contributed by atoms with Crippen molar-refractivity contribution < 1.29 is 4.42 Å². The Labute approximate surface area is 247 Å². The van der Waals surface area contributed by atoms with E-state index in [2.05, 4.69) is 140 Å². The molecule has 9 rings (SSSR count). The SMILES string of the molecule is c1cc(-c2ccc3c(c2)oc2ccc4ccccc4c23)cc(-c2cccc(-c3nc4ccccc4c4ccccc34)n2)c1. The summed E-state index contributed by atoms with van der Waals surface area (Å²) < 4.78 is 6.35. The van der Waals surface area contributed by atoms with Gasteiger partial charge in [0.2, 0.25) is 0 Å². The summed E-state index contributed by atoms with van der Waals surface area (Å²) in [7, 11) is 0. The van der Waals surface area contributed by atoms with Crippen molar-refractivity contribution in [3.63, 3.8) is 0 Å². The van der Waals surface area contributed by atoms with Gasteiger partial charge in [0.15, 0.2) is 0 Å². The maximum atomic E-state index is 6.35. The molecule has 0 amide bonds. The second-order valence-electron chi connectivity index (χ2n) is 11.0. The first kappa shape index (κ1) is 23.9. The van der Waals surface area contributed by atoms with Crippen molar-refractivity contribution in [3.8, 4) is 33.8 Å². The van der Waals surface area contributed by atoms with Gasteiger partial charge in [-0.3, -0.25) is 0 Å². The van der Waals surface area contributed by atoms with E-state index < -0.39 is 0 Å². The number of benzene rings is 6. The highest BCUT2D eigenvalue weighted by atomic mass is 16.3. The molecular formula is C40H24N2O. The van der Waals surface area contributed by atoms with Crippen LogP contribution >= 0.6 is 0 Å². The highest BCUT2D eigenvalue weighted by Crippen LogP contribution is 2.37. The van der Waals surface area contributed by atoms with E-state index in [0.29, 0.717) is 0 Å². The Morgan fingerprint density at radius 2 is 1.12 bits per heavy atom. The zero-order valence-electron chi connectivity index (χ0n) is 23.2. The summed E-state index contributed by atoms with van der Waals surface area (Å²) in [5.74, 6) is 0. The van der Waals surface area contributed by atoms with Crippen LogP contribution in [-0.4, -0.2) is 9.97 Å². The summed E-state index contributed by atoms with van der Waals surface area (Å²) in [4.78, 5) is 10.2. The highest BCUT2D eigenvalue weighted by Gasteiger charge is 2.14. The smallest absolute Gasteiger partial charge is 0.136 e. The molecule has 0 fully saturated rings. The molecule has 0 radical (unpaired) electrons. The lowest BCUT2D eigenvalue weighted by Gasteiger charge is -2.11. The molecule has 200 valence electrons. The third-order valence-corrected chi connectivity index (χ3v) is 8.45. The monoisotopic (exact) mass is 548 g/mol. The van der Waals surface area contributed by atoms with Gasteiger partial charge in [-0.1, -0.05) is 103 Å². The Kier molecular flexibility index (Phi) is 5.20. The van der Waals surface area contributed by atoms with E-state index in [1.54, 1.807) is 0 Å². The van der Waals surface area contributed by atoms with Crippen molar-refractivity contribution in [1.82, 2.24) is 9.97 Å². The molecule has 0 bridgehead atoms. The van der Waals surface area contributed by atoms with E-state index in [9.17, 15) is 0 Å². The Bertz CT molecular complexity index is 2520. The topological polar surface area (TPSA) is 38.9 Å². The van der Waals surface area contributed by atoms with Crippen molar-refractivity contribution in [1.29, 1.82) is 0 Å². The van der Waals surface area contributed by atoms with Crippen LogP contribution in [0.15, 0.2) is 150 Å². The standard InChI is InChI=1S/C40H24N2O/c1-2-12-29-25(9-1)20-22-37-39(29)33-21-19-27(24-38(33)43-37)26-10-7-11-28(23-26)34-17-8-18-36(41-34)40-32-15-4-3-13-30(32)31-14-5-6-16-35(31)42-40/h1-24H. The van der Waals surface area contributed by atoms with Gasteiger partial charge in [0, 0.05) is 27.1 Å². The second-order valence-corrected chi connectivity index (χ2v) is 11.0. The van der Waals surface area contributed by atoms with E-state index in [4.69, 9.17) is 14.4 Å². The van der Waals surface area contributed by atoms with Gasteiger partial charge >= 0.3 is 0 Å². The van der Waals surface area contributed by atoms with E-state index >= 15 is 0 Å². The third-order valence-electron chi connectivity index (χ3n) is 8.45. The molecule has 3 aromatic heterocycles. The average molecular weight is 549 g/mol. The lowest BCUT2D eigenvalue weighted by atomic mass is 9.99. The minimum absolute atomic E-state index is 0.862. The molecule has 9 aromatic rings. The van der Waals surface area contributed by atoms with Crippen molar-refractivity contribution in [3.05, 3.63) is 146 Å². The van der Waals surface area contributed by atoms with Gasteiger partial charge in [0.25, 0.3) is 0 Å². The van der Waals surface area contributed by atoms with E-state index in [-0.39, 0.29) is 0 Å². The number of nitrogens with zero attached hydrogens (tertiary/aromatic N) is 2. The lowest BCUT2D eigenvalue weighted by Crippen LogP contribution is -1.93. The fourth-order valence-corrected chi connectivity index (χ4v) is 6.41. The molecule has 0 aliphatic carbocycles. The Hall–Kier alpha value is -5.80. The third kappa shape index (κ3) is 3.83. The quantitative estimate of drug-likeness (QED) is 0.206. The molecule has 0 saturated carbocycles. The van der Waals surface area contributed by atoms with Gasteiger partial charge in [-0.25, -0.2) is 9.97 Å². The summed E-state index contributed by atoms with van der Waals surface area (Å²) in [6.45, 7) is 0. The van der Waals surface area contributed by atoms with Crippen LogP contribution in [0.2, 0.25) is 0 Å². The number of para-hydroxylation sites is 1. The van der Waals surface area contributed by atoms with Crippen LogP contribution in [0.5, 0.6) is 0 Å². The minimum Gasteiger partial charge on any atom is -0.456 e. The van der Waals surface area contributed by atoms with Crippen molar-refractivity contribution in [2.45, 2.75) is 0 Å². The molecule has 0 aliphatic heterocycles. The predicted octanol–water partition coefficient (Wildman–Crippen LogP) is 10.8. The van der Waals surface area contributed by atoms with Gasteiger partial charge < -0.3 is 4.42 Å². The summed E-state index contributed by atoms with van der Waals surface area (Å²) in [5.41, 5.74) is 8.73. The van der Waals surface area contributed by atoms with Crippen LogP contribution < -0.4 is 0 Å². The molecule has 0 saturated heterocycles. The molecule has 3 heteroatoms. The van der Waals surface area contributed by atoms with Gasteiger partial charge in [0.05, 0.1) is 22.6 Å². The van der Waals surface area contributed by atoms with Gasteiger partial charge in [-0.05, 0) is 69.8 Å². The number of rotatable bonds is 3. The fraction of sp³-hybridized carbons (Fsp3) is 0. The Balaban J connectivity index is 1.14. The van der Waals surface area contributed by atoms with Crippen LogP contribution in [0, 0.1) is 0 Å². The van der Waals surface area contributed by atoms with Crippen molar-refractivity contribution >= 4 is 54.4 Å². The molecule has 0 atom stereocenters. The molecule has 0 spiro atoms. The highest BCUT2D eigenvalue weighted by molar-refractivity contribution is 6.19. The number of furan rings is 1. The number of hydrogen-bond donors (Lipinski definition) is 0. The van der Waals surface area contributed by atoms with Crippen molar-refractivity contribution in [2.75, 3.05) is 0 Å². The maximum absolute atomic E-state index is 6.35. The molecule has 0 aliphatic rings. The van der Waals surface area contributed by atoms with E-state index in [0.717, 1.165) is 66.6 Å². The molecular weight excluding hydrogens is 524 g/mol. The zero-order valence-corrected chi connectivity index (χ0v) is 23.2. The fourth-order valence-electron chi connectivity index (χ4n) is 6.41. The van der Waals surface area contributed by atoms with Crippen LogP contribution in [-0.2, 0) is 0 Å². The van der Waals surface area contributed by atoms with Crippen LogP contribution in [0.25, 0.3) is 88.2 Å². The zero-order chi connectivity index (χ0) is 28.3. The lowest BCUT2D eigenvalue weighted by molar-refractivity contribution is 0.669. The largest absolute Gasteiger partial charge is 0.456 e. The molecule has 0 unspecified atom stereocenters. The summed E-state index contributed by atoms with van der Waals surface area (Å²) in [6, 6.07) is 50.7. The summed E-state index contributed by atoms with van der Waals surface area (Å²) in [6.07, 6.45) is 0. The first-order valence-corrected chi connectivity index (χ1v) is 14.5. The first-order valence-electron chi connectivity index (χ1n) is 14.5. The van der Waals surface area contributed by atoms with Crippen molar-refractivity contribution in [2.24, 2.45) is 0 Å². The number of pyridine rings is 2. The molecule has 43 heavy (non-hydrogen) atoms. The first-order chi connectivity index (χ1) is 21.3. The maximum Gasteiger partial charge on any atom is 0.136 e. The Morgan fingerprint density at radius 1 is 0.395 bits per heavy atom. The van der Waals surface area contributed by atoms with E-state index in [1.165, 1.54) is 21.5 Å². The average Bonchev–Trinajstić information content (AvgIpc) is 3.46. The number of hydrogen-bond acceptors (Lipinski definition) is 3. The Morgan fingerprint density at radius 3 is 2.05 bits per heavy atom. The predicted molar refractivity (Wildman–Crippen MR) is 178 cm³/mol. The van der Waals surface area contributed by atoms with Gasteiger partial charge in [-0.2, -0.15) is 0 Å². The minimum atomic E-state index is 0.862. The molecule has 3 nitrogen and oxygen atoms in total. The second kappa shape index (κ2) is 9.37. The van der Waals surface area contributed by atoms with Crippen LogP contribution in [0.4, 0.5) is 0 Å². The molecule has 6 aromatic carbocycles. The number of aromatic nitrogens is 2. The molecule has 0 N–H and O–H groups in total. The summed E-state index contributed by atoms with van der Waals surface area (Å²) in [5, 5.41) is 8.18. The van der Waals surface area contributed by atoms with Gasteiger partial charge in [-0.15, -0.1) is 0 Å². The molecule has 3 heterocycles. The normalized spacial score (nSPS) is 11.7. The summed E-state index contributed by atoms with van der Waals surface area (Å²) >= 11 is 0. The van der Waals surface area contributed by atoms with E-state index in [1.807, 2.05) is 6.07 Å².